The minimum atomic E-state index is -3.97. The largest absolute Gasteiger partial charge is 0.334 e. The molecule has 1 aromatic heterocycles. The number of amides is 1. The molecule has 1 saturated heterocycles. The molecule has 4 rings (SSSR count). The van der Waals surface area contributed by atoms with Crippen LogP contribution in [0.4, 0.5) is 10.1 Å². The number of rotatable bonds is 5. The maximum Gasteiger partial charge on any atom is 0.316 e. The molecule has 168 valence electrons. The predicted molar refractivity (Wildman–Crippen MR) is 116 cm³/mol. The summed E-state index contributed by atoms with van der Waals surface area (Å²) in [5.41, 5.74) is 1.65. The fraction of sp³-hybridized carbons (Fsp3) is 0.318. The molecule has 8 nitrogen and oxygen atoms in total. The third-order valence-electron chi connectivity index (χ3n) is 5.42. The third-order valence-corrected chi connectivity index (χ3v) is 6.93. The first-order chi connectivity index (χ1) is 15.2. The van der Waals surface area contributed by atoms with E-state index in [1.165, 1.54) is 24.3 Å². The molecule has 32 heavy (non-hydrogen) atoms. The van der Waals surface area contributed by atoms with E-state index < -0.39 is 15.8 Å². The van der Waals surface area contributed by atoms with Gasteiger partial charge in [-0.25, -0.2) is 12.8 Å². The van der Waals surface area contributed by atoms with Crippen molar-refractivity contribution in [3.8, 4) is 11.4 Å². The molecule has 1 amide bonds. The van der Waals surface area contributed by atoms with Gasteiger partial charge in [0.05, 0.1) is 10.6 Å². The van der Waals surface area contributed by atoms with E-state index in [1.54, 1.807) is 30.9 Å². The Bertz CT molecular complexity index is 1270. The molecule has 1 aliphatic rings. The number of hydrogen-bond acceptors (Lipinski definition) is 6. The number of anilines is 1. The van der Waals surface area contributed by atoms with Crippen molar-refractivity contribution in [2.45, 2.75) is 38.0 Å². The van der Waals surface area contributed by atoms with Gasteiger partial charge in [-0.15, -0.1) is 0 Å². The lowest BCUT2D eigenvalue weighted by atomic mass is 10.1. The summed E-state index contributed by atoms with van der Waals surface area (Å²) >= 11 is 0. The van der Waals surface area contributed by atoms with Crippen molar-refractivity contribution in [2.75, 3.05) is 17.8 Å². The zero-order valence-electron chi connectivity index (χ0n) is 17.8. The second-order valence-electron chi connectivity index (χ2n) is 7.82. The summed E-state index contributed by atoms with van der Waals surface area (Å²) < 4.78 is 47.1. The number of carbonyl (C=O) groups is 1. The number of nitrogens with one attached hydrogen (secondary N) is 1. The van der Waals surface area contributed by atoms with Crippen LogP contribution in [0.25, 0.3) is 11.4 Å². The number of benzene rings is 2. The summed E-state index contributed by atoms with van der Waals surface area (Å²) in [6, 6.07) is 8.53. The average molecular weight is 459 g/mol. The molecule has 0 spiro atoms. The third kappa shape index (κ3) is 4.50. The van der Waals surface area contributed by atoms with E-state index in [9.17, 15) is 17.6 Å². The van der Waals surface area contributed by atoms with Crippen molar-refractivity contribution >= 4 is 21.6 Å². The van der Waals surface area contributed by atoms with Crippen LogP contribution >= 0.6 is 0 Å². The maximum absolute atomic E-state index is 13.4. The second kappa shape index (κ2) is 8.70. The van der Waals surface area contributed by atoms with E-state index >= 15 is 0 Å². The zero-order chi connectivity index (χ0) is 22.9. The van der Waals surface area contributed by atoms with Crippen LogP contribution in [0.1, 0.15) is 41.1 Å². The fourth-order valence-corrected chi connectivity index (χ4v) is 5.03. The van der Waals surface area contributed by atoms with Gasteiger partial charge < -0.3 is 9.42 Å². The van der Waals surface area contributed by atoms with Crippen LogP contribution in [0.5, 0.6) is 0 Å². The predicted octanol–water partition coefficient (Wildman–Crippen LogP) is 3.92. The number of piperidine rings is 1. The van der Waals surface area contributed by atoms with Crippen LogP contribution in [0, 0.1) is 19.7 Å². The van der Waals surface area contributed by atoms with Gasteiger partial charge in [0, 0.05) is 18.7 Å². The van der Waals surface area contributed by atoms with Gasteiger partial charge in [0.25, 0.3) is 10.0 Å². The van der Waals surface area contributed by atoms with E-state index in [2.05, 4.69) is 14.9 Å². The van der Waals surface area contributed by atoms with E-state index in [0.717, 1.165) is 19.3 Å². The Labute approximate surface area is 185 Å². The van der Waals surface area contributed by atoms with Gasteiger partial charge in [-0.05, 0) is 68.5 Å². The molecular weight excluding hydrogens is 435 g/mol. The number of likely N-dealkylation sites (tertiary alicyclic amines) is 1. The molecule has 0 unspecified atom stereocenters. The van der Waals surface area contributed by atoms with Gasteiger partial charge in [-0.1, -0.05) is 17.3 Å². The monoisotopic (exact) mass is 458 g/mol. The minimum Gasteiger partial charge on any atom is -0.334 e. The Morgan fingerprint density at radius 3 is 2.53 bits per heavy atom. The quantitative estimate of drug-likeness (QED) is 0.621. The summed E-state index contributed by atoms with van der Waals surface area (Å²) in [5.74, 6) is -0.765. The maximum atomic E-state index is 13.4. The summed E-state index contributed by atoms with van der Waals surface area (Å²) in [7, 11) is -3.97. The van der Waals surface area contributed by atoms with Crippen molar-refractivity contribution in [1.82, 2.24) is 15.0 Å². The molecule has 3 aromatic rings. The van der Waals surface area contributed by atoms with Gasteiger partial charge in [0.1, 0.15) is 5.82 Å². The molecule has 0 saturated carbocycles. The zero-order valence-corrected chi connectivity index (χ0v) is 18.6. The van der Waals surface area contributed by atoms with E-state index in [1.807, 2.05) is 0 Å². The van der Waals surface area contributed by atoms with Crippen molar-refractivity contribution < 1.29 is 22.1 Å². The lowest BCUT2D eigenvalue weighted by molar-refractivity contribution is 0.0674. The van der Waals surface area contributed by atoms with Gasteiger partial charge in [0.15, 0.2) is 0 Å². The summed E-state index contributed by atoms with van der Waals surface area (Å²) in [6.45, 7) is 4.58. The van der Waals surface area contributed by atoms with Crippen LogP contribution in [-0.2, 0) is 10.0 Å². The minimum absolute atomic E-state index is 0.0208. The summed E-state index contributed by atoms with van der Waals surface area (Å²) in [6.07, 6.45) is 2.96. The SMILES string of the molecule is Cc1cc(F)ccc1NS(=O)(=O)c1cc(-c2noc(C(=O)N3CCCCC3)n2)ccc1C. The Morgan fingerprint density at radius 1 is 1.06 bits per heavy atom. The molecular formula is C22H23FN4O4S. The van der Waals surface area contributed by atoms with Crippen LogP contribution < -0.4 is 4.72 Å². The topological polar surface area (TPSA) is 105 Å². The van der Waals surface area contributed by atoms with Crippen LogP contribution in [0.3, 0.4) is 0 Å². The second-order valence-corrected chi connectivity index (χ2v) is 9.47. The van der Waals surface area contributed by atoms with Crippen molar-refractivity contribution in [3.05, 3.63) is 59.2 Å². The van der Waals surface area contributed by atoms with Crippen LogP contribution in [-0.4, -0.2) is 42.5 Å². The van der Waals surface area contributed by atoms with Crippen LogP contribution in [0.2, 0.25) is 0 Å². The number of halogens is 1. The highest BCUT2D eigenvalue weighted by molar-refractivity contribution is 7.92. The van der Waals surface area contributed by atoms with E-state index in [-0.39, 0.29) is 28.2 Å². The Hall–Kier alpha value is -3.27. The highest BCUT2D eigenvalue weighted by atomic mass is 32.2. The normalized spacial score (nSPS) is 14.4. The summed E-state index contributed by atoms with van der Waals surface area (Å²) in [5, 5.41) is 3.87. The molecule has 1 aliphatic heterocycles. The van der Waals surface area contributed by atoms with Crippen molar-refractivity contribution in [2.24, 2.45) is 0 Å². The molecule has 0 aliphatic carbocycles. The molecule has 2 heterocycles. The smallest absolute Gasteiger partial charge is 0.316 e. The first kappa shape index (κ1) is 21.9. The first-order valence-corrected chi connectivity index (χ1v) is 11.8. The molecule has 0 bridgehead atoms. The molecule has 1 N–H and O–H groups in total. The average Bonchev–Trinajstić information content (AvgIpc) is 3.26. The first-order valence-electron chi connectivity index (χ1n) is 10.3. The summed E-state index contributed by atoms with van der Waals surface area (Å²) in [4.78, 5) is 18.5. The van der Waals surface area contributed by atoms with Crippen LogP contribution in [0.15, 0.2) is 45.8 Å². The fourth-order valence-electron chi connectivity index (χ4n) is 3.63. The van der Waals surface area contributed by atoms with Gasteiger partial charge >= 0.3 is 11.8 Å². The molecule has 1 fully saturated rings. The van der Waals surface area contributed by atoms with Gasteiger partial charge in [-0.2, -0.15) is 4.98 Å². The highest BCUT2D eigenvalue weighted by Gasteiger charge is 2.25. The Balaban J connectivity index is 1.61. The Kier molecular flexibility index (Phi) is 5.96. The number of hydrogen-bond donors (Lipinski definition) is 1. The van der Waals surface area contributed by atoms with Gasteiger partial charge in [-0.3, -0.25) is 9.52 Å². The number of nitrogens with zero attached hydrogens (tertiary/aromatic N) is 3. The Morgan fingerprint density at radius 2 is 1.81 bits per heavy atom. The lowest BCUT2D eigenvalue weighted by Gasteiger charge is -2.24. The highest BCUT2D eigenvalue weighted by Crippen LogP contribution is 2.27. The molecule has 10 heteroatoms. The molecule has 0 atom stereocenters. The van der Waals surface area contributed by atoms with E-state index in [0.29, 0.717) is 29.8 Å². The van der Waals surface area contributed by atoms with Crippen molar-refractivity contribution in [1.29, 1.82) is 0 Å². The van der Waals surface area contributed by atoms with E-state index in [4.69, 9.17) is 4.52 Å². The molecule has 2 aromatic carbocycles. The number of aromatic nitrogens is 2. The number of aryl methyl sites for hydroxylation is 2. The van der Waals surface area contributed by atoms with Gasteiger partial charge in [0.2, 0.25) is 5.82 Å². The van der Waals surface area contributed by atoms with Crippen molar-refractivity contribution in [3.63, 3.8) is 0 Å². The number of sulfonamides is 1. The lowest BCUT2D eigenvalue weighted by Crippen LogP contribution is -2.35. The molecule has 0 radical (unpaired) electrons. The number of carbonyl (C=O) groups excluding carboxylic acids is 1. The standard InChI is InChI=1S/C22H23FN4O4S/c1-14-6-7-16(20-24-21(31-25-20)22(28)27-10-4-3-5-11-27)13-19(14)32(29,30)26-18-9-8-17(23)12-15(18)2/h6-9,12-13,26H,3-5,10-11H2,1-2H3.